The van der Waals surface area contributed by atoms with E-state index in [9.17, 15) is 35.1 Å². The number of nitrogens with zero attached hydrogens (tertiary/aromatic N) is 1. The van der Waals surface area contributed by atoms with Gasteiger partial charge in [0.1, 0.15) is 29.0 Å². The Balaban J connectivity index is 1.50. The first-order valence-electron chi connectivity index (χ1n) is 20.1. The lowest BCUT2D eigenvalue weighted by atomic mass is 9.78. The summed E-state index contributed by atoms with van der Waals surface area (Å²) >= 11 is 0. The van der Waals surface area contributed by atoms with Gasteiger partial charge < -0.3 is 45.6 Å². The number of aliphatic hydroxyl groups is 2. The number of ether oxygens (including phenoxy) is 3. The molecule has 13 nitrogen and oxygen atoms in total. The molecule has 13 heteroatoms. The van der Waals surface area contributed by atoms with Gasteiger partial charge in [0.05, 0.1) is 46.6 Å². The largest absolute Gasteiger partial charge is 0.507 e. The highest BCUT2D eigenvalue weighted by atomic mass is 16.5. The molecule has 6 rings (SSSR count). The van der Waals surface area contributed by atoms with E-state index in [4.69, 9.17) is 19.2 Å². The van der Waals surface area contributed by atoms with E-state index in [1.165, 1.54) is 6.92 Å². The van der Waals surface area contributed by atoms with Gasteiger partial charge in [0, 0.05) is 60.8 Å². The highest BCUT2D eigenvalue weighted by Crippen LogP contribution is 2.51. The van der Waals surface area contributed by atoms with Gasteiger partial charge in [-0.15, -0.1) is 0 Å². The second kappa shape index (κ2) is 16.0. The van der Waals surface area contributed by atoms with Crippen molar-refractivity contribution in [3.63, 3.8) is 0 Å². The van der Waals surface area contributed by atoms with Gasteiger partial charge in [-0.05, 0) is 46.5 Å². The van der Waals surface area contributed by atoms with Crippen LogP contribution in [0.15, 0.2) is 52.3 Å². The molecule has 1 spiro atoms. The predicted octanol–water partition coefficient (Wildman–Crippen LogP) is 5.47. The average Bonchev–Trinajstić information content (AvgIpc) is 3.67. The summed E-state index contributed by atoms with van der Waals surface area (Å²) in [5, 5.41) is 50.7. The number of hydrogen-bond donors (Lipinski definition) is 6. The Morgan fingerprint density at radius 3 is 2.30 bits per heavy atom. The number of carbonyl (C=O) groups is 3. The number of aromatic hydroxyl groups is 1. The number of allylic oxidation sites excluding steroid dienone is 4. The van der Waals surface area contributed by atoms with Crippen LogP contribution in [0.4, 0.5) is 0 Å². The Labute approximate surface area is 334 Å². The van der Waals surface area contributed by atoms with E-state index in [0.717, 1.165) is 19.3 Å². The third-order valence-electron chi connectivity index (χ3n) is 12.8. The monoisotopic (exact) mass is 786 g/mol. The SMILES string of the molecule is CO[C@H]1/C=C/C[C@@]2(C)Oc3c(C)c(O)c4c(c3C2=N)C2=NC3(CCCCC3)NC2=C(NC(=O)/C(C)=C\C=C\[C@H](C)[C@H](O)[C@@H](C)[C@@H](O)[C@@H](C)[C@H](OC(C)=O)[C@@H]1C)C4=O. The fourth-order valence-electron chi connectivity index (χ4n) is 9.13. The quantitative estimate of drug-likeness (QED) is 0.165. The molecule has 9 atom stereocenters. The maximum atomic E-state index is 14.6. The maximum absolute atomic E-state index is 14.6. The van der Waals surface area contributed by atoms with Gasteiger partial charge in [-0.25, -0.2) is 0 Å². The molecule has 0 aromatic heterocycles. The topological polar surface area (TPSA) is 200 Å². The maximum Gasteiger partial charge on any atom is 0.302 e. The molecule has 5 bridgehead atoms. The zero-order valence-corrected chi connectivity index (χ0v) is 34.5. The molecule has 3 aliphatic heterocycles. The van der Waals surface area contributed by atoms with Crippen molar-refractivity contribution >= 4 is 29.1 Å². The predicted molar refractivity (Wildman–Crippen MR) is 215 cm³/mol. The van der Waals surface area contributed by atoms with Crippen LogP contribution in [-0.4, -0.2) is 87.2 Å². The molecule has 1 saturated carbocycles. The molecular weight excluding hydrogens is 729 g/mol. The number of Topliss-reactive ketones (excluding diaryl/α,β-unsaturated/α-hetero) is 1. The first-order chi connectivity index (χ1) is 26.9. The van der Waals surface area contributed by atoms with Crippen LogP contribution in [0.1, 0.15) is 114 Å². The van der Waals surface area contributed by atoms with E-state index in [1.807, 2.05) is 19.1 Å². The summed E-state index contributed by atoms with van der Waals surface area (Å²) in [6.45, 7) is 13.5. The summed E-state index contributed by atoms with van der Waals surface area (Å²) in [5.74, 6) is -3.81. The van der Waals surface area contributed by atoms with Crippen LogP contribution < -0.4 is 15.4 Å². The summed E-state index contributed by atoms with van der Waals surface area (Å²) < 4.78 is 18.3. The van der Waals surface area contributed by atoms with Gasteiger partial charge >= 0.3 is 5.97 Å². The van der Waals surface area contributed by atoms with Gasteiger partial charge in [-0.2, -0.15) is 0 Å². The molecule has 1 aromatic rings. The molecular formula is C44H58N4O9. The first-order valence-corrected chi connectivity index (χ1v) is 20.1. The van der Waals surface area contributed by atoms with Crippen molar-refractivity contribution in [3.8, 4) is 11.5 Å². The van der Waals surface area contributed by atoms with Crippen molar-refractivity contribution in [2.45, 2.75) is 130 Å². The molecule has 57 heavy (non-hydrogen) atoms. The van der Waals surface area contributed by atoms with E-state index >= 15 is 0 Å². The van der Waals surface area contributed by atoms with E-state index in [-0.39, 0.29) is 40.5 Å². The molecule has 0 unspecified atom stereocenters. The zero-order valence-electron chi connectivity index (χ0n) is 34.5. The average molecular weight is 787 g/mol. The zero-order chi connectivity index (χ0) is 41.7. The minimum absolute atomic E-state index is 0.0295. The highest BCUT2D eigenvalue weighted by Gasteiger charge is 2.51. The van der Waals surface area contributed by atoms with Crippen molar-refractivity contribution < 1.29 is 43.9 Å². The number of benzene rings is 1. The minimum Gasteiger partial charge on any atom is -0.507 e. The smallest absolute Gasteiger partial charge is 0.302 e. The Kier molecular flexibility index (Phi) is 11.8. The Morgan fingerprint density at radius 2 is 1.65 bits per heavy atom. The summed E-state index contributed by atoms with van der Waals surface area (Å²) in [5.41, 5.74) is 0.0915. The molecule has 1 aromatic carbocycles. The van der Waals surface area contributed by atoms with Crippen molar-refractivity contribution in [1.29, 1.82) is 5.41 Å². The number of phenolic OH excluding ortho intramolecular Hbond substituents is 1. The fraction of sp³-hybridized carbons (Fsp3) is 0.568. The summed E-state index contributed by atoms with van der Waals surface area (Å²) in [6, 6.07) is 0. The van der Waals surface area contributed by atoms with Crippen molar-refractivity contribution in [2.24, 2.45) is 28.7 Å². The van der Waals surface area contributed by atoms with E-state index in [0.29, 0.717) is 40.9 Å². The number of carbonyl (C=O) groups excluding carboxylic acids is 3. The van der Waals surface area contributed by atoms with Crippen LogP contribution in [0.25, 0.3) is 0 Å². The number of hydrogen-bond acceptors (Lipinski definition) is 12. The molecule has 3 heterocycles. The summed E-state index contributed by atoms with van der Waals surface area (Å²) in [6.07, 6.45) is 9.68. The van der Waals surface area contributed by atoms with E-state index in [1.54, 1.807) is 66.9 Å². The van der Waals surface area contributed by atoms with Gasteiger partial charge in [0.15, 0.2) is 5.60 Å². The molecule has 2 aliphatic carbocycles. The second-order valence-corrected chi connectivity index (χ2v) is 16.9. The Hall–Kier alpha value is -4.59. The number of amides is 1. The number of rotatable bonds is 2. The number of methoxy groups -OCH3 is 1. The van der Waals surface area contributed by atoms with Crippen LogP contribution in [0.2, 0.25) is 0 Å². The van der Waals surface area contributed by atoms with Crippen molar-refractivity contribution in [1.82, 2.24) is 10.6 Å². The standard InChI is InChI=1S/C44H58N4O9/c1-21-15-13-16-22(2)42(54)46-34-33-32(47-44(48-33)19-11-10-12-20-44)29-30(38(34)53)37(52)26(6)40-31(29)41(45)43(8,57-40)18-14-17-28(55-9)23(3)39(56-27(7)49)25(5)36(51)24(4)35(21)50/h13-17,21,23-25,28,35-36,39,45,48,50-52H,10-12,18-20H2,1-9H3,(H,46,54)/b15-13+,17-14+,22-16-,45-41?/t21-,23+,24+,25+,28-,35-,36+,39+,43+/m0/s1. The number of aliphatic hydroxyl groups excluding tert-OH is 2. The van der Waals surface area contributed by atoms with Crippen LogP contribution in [0.3, 0.4) is 0 Å². The molecule has 6 N–H and O–H groups in total. The van der Waals surface area contributed by atoms with Gasteiger partial charge in [-0.3, -0.25) is 19.4 Å². The van der Waals surface area contributed by atoms with Gasteiger partial charge in [0.25, 0.3) is 5.91 Å². The van der Waals surface area contributed by atoms with Crippen molar-refractivity contribution in [2.75, 3.05) is 7.11 Å². The van der Waals surface area contributed by atoms with Crippen LogP contribution in [0.5, 0.6) is 11.5 Å². The number of fused-ring (bicyclic) bond motifs is 3. The minimum atomic E-state index is -1.23. The van der Waals surface area contributed by atoms with Crippen LogP contribution >= 0.6 is 0 Å². The third-order valence-corrected chi connectivity index (χ3v) is 12.8. The van der Waals surface area contributed by atoms with Gasteiger partial charge in [-0.1, -0.05) is 64.5 Å². The summed E-state index contributed by atoms with van der Waals surface area (Å²) in [7, 11) is 1.54. The normalized spacial score (nSPS) is 35.0. The molecule has 0 radical (unpaired) electrons. The lowest BCUT2D eigenvalue weighted by molar-refractivity contribution is -0.160. The number of nitrogens with one attached hydrogen (secondary N) is 3. The fourth-order valence-corrected chi connectivity index (χ4v) is 9.13. The van der Waals surface area contributed by atoms with Crippen LogP contribution in [0, 0.1) is 36.0 Å². The highest BCUT2D eigenvalue weighted by molar-refractivity contribution is 6.34. The third kappa shape index (κ3) is 7.49. The number of aliphatic imine (C=N–C) groups is 1. The lowest BCUT2D eigenvalue weighted by Crippen LogP contribution is -2.46. The molecule has 0 saturated heterocycles. The second-order valence-electron chi connectivity index (χ2n) is 16.9. The molecule has 5 aliphatic rings. The first kappa shape index (κ1) is 42.0. The molecule has 308 valence electrons. The van der Waals surface area contributed by atoms with Crippen molar-refractivity contribution in [3.05, 3.63) is 69.6 Å². The van der Waals surface area contributed by atoms with E-state index < -0.39 is 77.0 Å². The number of phenols is 1. The van der Waals surface area contributed by atoms with Crippen LogP contribution in [-0.2, 0) is 19.1 Å². The molecule has 1 fully saturated rings. The molecule has 1 amide bonds. The number of esters is 1. The van der Waals surface area contributed by atoms with E-state index in [2.05, 4.69) is 10.6 Å². The van der Waals surface area contributed by atoms with Gasteiger partial charge in [0.2, 0.25) is 5.78 Å². The Morgan fingerprint density at radius 1 is 0.965 bits per heavy atom. The Bertz CT molecular complexity index is 2010. The summed E-state index contributed by atoms with van der Waals surface area (Å²) in [4.78, 5) is 46.0. The lowest BCUT2D eigenvalue weighted by Gasteiger charge is -2.38. The number of ketones is 1.